The van der Waals surface area contributed by atoms with Gasteiger partial charge in [-0.3, -0.25) is 4.79 Å². The van der Waals surface area contributed by atoms with Gasteiger partial charge in [-0.15, -0.1) is 0 Å². The summed E-state index contributed by atoms with van der Waals surface area (Å²) >= 11 is 1.39. The Morgan fingerprint density at radius 1 is 1.12 bits per heavy atom. The molecular weight excluding hydrogens is 351 g/mol. The van der Waals surface area contributed by atoms with E-state index in [1.54, 1.807) is 16.8 Å². The lowest BCUT2D eigenvalue weighted by molar-refractivity contribution is 0.627. The van der Waals surface area contributed by atoms with Crippen LogP contribution in [0.5, 0.6) is 0 Å². The topological polar surface area (TPSA) is 63.6 Å². The predicted molar refractivity (Wildman–Crippen MR) is 100 cm³/mol. The number of rotatable bonds is 4. The van der Waals surface area contributed by atoms with Crippen LogP contribution >= 0.6 is 11.8 Å². The molecule has 0 aliphatic carbocycles. The van der Waals surface area contributed by atoms with Crippen molar-refractivity contribution in [3.05, 3.63) is 82.0 Å². The van der Waals surface area contributed by atoms with Crippen LogP contribution in [-0.4, -0.2) is 19.7 Å². The third-order valence-corrected chi connectivity index (χ3v) is 4.93. The van der Waals surface area contributed by atoms with Crippen LogP contribution in [-0.2, 0) is 5.75 Å². The molecule has 7 heteroatoms. The Morgan fingerprint density at radius 2 is 1.85 bits per heavy atom. The maximum absolute atomic E-state index is 13.0. The summed E-state index contributed by atoms with van der Waals surface area (Å²) in [5, 5.41) is 5.25. The second-order valence-electron chi connectivity index (χ2n) is 5.92. The Hall–Kier alpha value is -2.93. The molecule has 2 aromatic heterocycles. The first-order valence-electron chi connectivity index (χ1n) is 8.02. The molecule has 1 N–H and O–H groups in total. The van der Waals surface area contributed by atoms with Gasteiger partial charge in [-0.05, 0) is 36.8 Å². The number of H-pyrrole nitrogens is 1. The van der Waals surface area contributed by atoms with Gasteiger partial charge in [0.15, 0.2) is 10.8 Å². The van der Waals surface area contributed by atoms with E-state index in [4.69, 9.17) is 0 Å². The van der Waals surface area contributed by atoms with Gasteiger partial charge in [0, 0.05) is 5.75 Å². The van der Waals surface area contributed by atoms with Crippen LogP contribution in [0, 0.1) is 12.7 Å². The van der Waals surface area contributed by atoms with Crippen LogP contribution in [0.3, 0.4) is 0 Å². The van der Waals surface area contributed by atoms with Crippen molar-refractivity contribution in [1.82, 2.24) is 19.7 Å². The van der Waals surface area contributed by atoms with Crippen LogP contribution in [0.2, 0.25) is 0 Å². The Bertz CT molecular complexity index is 1120. The van der Waals surface area contributed by atoms with Crippen molar-refractivity contribution >= 4 is 22.8 Å². The first-order chi connectivity index (χ1) is 12.6. The van der Waals surface area contributed by atoms with E-state index < -0.39 is 0 Å². The highest BCUT2D eigenvalue weighted by Crippen LogP contribution is 2.21. The SMILES string of the molecule is Cc1ccc(-n2ncc3c(=O)[nH]c(SCc4ccc(F)cc4)nc32)cc1. The van der Waals surface area contributed by atoms with E-state index in [9.17, 15) is 9.18 Å². The monoisotopic (exact) mass is 366 g/mol. The first-order valence-corrected chi connectivity index (χ1v) is 9.01. The van der Waals surface area contributed by atoms with Crippen LogP contribution in [0.1, 0.15) is 11.1 Å². The number of aromatic nitrogens is 4. The average molecular weight is 366 g/mol. The Kier molecular flexibility index (Phi) is 4.30. The lowest BCUT2D eigenvalue weighted by atomic mass is 10.2. The minimum Gasteiger partial charge on any atom is -0.301 e. The van der Waals surface area contributed by atoms with Crippen LogP contribution < -0.4 is 5.56 Å². The van der Waals surface area contributed by atoms with Crippen LogP contribution in [0.4, 0.5) is 4.39 Å². The second-order valence-corrected chi connectivity index (χ2v) is 6.88. The number of fused-ring (bicyclic) bond motifs is 1. The minimum absolute atomic E-state index is 0.227. The van der Waals surface area contributed by atoms with Crippen LogP contribution in [0.15, 0.2) is 64.7 Å². The molecule has 130 valence electrons. The van der Waals surface area contributed by atoms with Crippen molar-refractivity contribution < 1.29 is 4.39 Å². The summed E-state index contributed by atoms with van der Waals surface area (Å²) < 4.78 is 14.7. The molecule has 0 fully saturated rings. The molecule has 0 spiro atoms. The summed E-state index contributed by atoms with van der Waals surface area (Å²) in [6.45, 7) is 2.01. The molecule has 0 bridgehead atoms. The molecule has 2 aromatic carbocycles. The number of hydrogen-bond acceptors (Lipinski definition) is 4. The summed E-state index contributed by atoms with van der Waals surface area (Å²) in [4.78, 5) is 19.7. The molecule has 4 rings (SSSR count). The quantitative estimate of drug-likeness (QED) is 0.440. The first kappa shape index (κ1) is 16.5. The van der Waals surface area contributed by atoms with E-state index >= 15 is 0 Å². The highest BCUT2D eigenvalue weighted by atomic mass is 32.2. The number of nitrogens with zero attached hydrogens (tertiary/aromatic N) is 3. The molecule has 0 saturated heterocycles. The molecule has 2 heterocycles. The zero-order valence-corrected chi connectivity index (χ0v) is 14.8. The molecule has 4 aromatic rings. The van der Waals surface area contributed by atoms with Crippen molar-refractivity contribution in [2.24, 2.45) is 0 Å². The van der Waals surface area contributed by atoms with Crippen molar-refractivity contribution in [3.8, 4) is 5.69 Å². The van der Waals surface area contributed by atoms with Gasteiger partial charge in [0.1, 0.15) is 11.2 Å². The Labute approximate surface area is 152 Å². The maximum Gasteiger partial charge on any atom is 0.262 e. The number of aromatic amines is 1. The van der Waals surface area contributed by atoms with Crippen LogP contribution in [0.25, 0.3) is 16.7 Å². The fourth-order valence-electron chi connectivity index (χ4n) is 2.57. The van der Waals surface area contributed by atoms with Gasteiger partial charge in [-0.2, -0.15) is 5.10 Å². The number of benzene rings is 2. The molecular formula is C19H15FN4OS. The zero-order valence-electron chi connectivity index (χ0n) is 13.9. The van der Waals surface area contributed by atoms with Crippen molar-refractivity contribution in [1.29, 1.82) is 0 Å². The standard InChI is InChI=1S/C19H15FN4OS/c1-12-2-8-15(9-3-12)24-17-16(10-21-24)18(25)23-19(22-17)26-11-13-4-6-14(20)7-5-13/h2-10H,11H2,1H3,(H,22,23,25). The fraction of sp³-hybridized carbons (Fsp3) is 0.105. The number of hydrogen-bond donors (Lipinski definition) is 1. The number of aryl methyl sites for hydroxylation is 1. The van der Waals surface area contributed by atoms with Gasteiger partial charge in [-0.25, -0.2) is 14.1 Å². The molecule has 5 nitrogen and oxygen atoms in total. The molecule has 0 radical (unpaired) electrons. The summed E-state index contributed by atoms with van der Waals surface area (Å²) in [6, 6.07) is 14.1. The van der Waals surface area contributed by atoms with E-state index in [0.29, 0.717) is 21.9 Å². The minimum atomic E-state index is -0.270. The largest absolute Gasteiger partial charge is 0.301 e. The van der Waals surface area contributed by atoms with Gasteiger partial charge >= 0.3 is 0 Å². The maximum atomic E-state index is 13.0. The highest BCUT2D eigenvalue weighted by molar-refractivity contribution is 7.98. The summed E-state index contributed by atoms with van der Waals surface area (Å²) in [7, 11) is 0. The molecule has 0 aliphatic heterocycles. The third kappa shape index (κ3) is 3.25. The van der Waals surface area contributed by atoms with E-state index in [-0.39, 0.29) is 11.4 Å². The van der Waals surface area contributed by atoms with Gasteiger partial charge < -0.3 is 4.98 Å². The number of nitrogens with one attached hydrogen (secondary N) is 1. The van der Waals surface area contributed by atoms with Gasteiger partial charge in [-0.1, -0.05) is 41.6 Å². The fourth-order valence-corrected chi connectivity index (χ4v) is 3.39. The van der Waals surface area contributed by atoms with E-state index in [0.717, 1.165) is 16.8 Å². The molecule has 26 heavy (non-hydrogen) atoms. The molecule has 0 amide bonds. The lowest BCUT2D eigenvalue weighted by Crippen LogP contribution is -2.09. The van der Waals surface area contributed by atoms with Crippen molar-refractivity contribution in [2.75, 3.05) is 0 Å². The molecule has 0 atom stereocenters. The number of halogens is 1. The molecule has 0 aliphatic rings. The highest BCUT2D eigenvalue weighted by Gasteiger charge is 2.12. The van der Waals surface area contributed by atoms with Gasteiger partial charge in [0.2, 0.25) is 0 Å². The van der Waals surface area contributed by atoms with E-state index in [1.165, 1.54) is 30.1 Å². The lowest BCUT2D eigenvalue weighted by Gasteiger charge is -2.05. The second kappa shape index (κ2) is 6.76. The smallest absolute Gasteiger partial charge is 0.262 e. The van der Waals surface area contributed by atoms with E-state index in [2.05, 4.69) is 15.1 Å². The van der Waals surface area contributed by atoms with Crippen molar-refractivity contribution in [3.63, 3.8) is 0 Å². The summed E-state index contributed by atoms with van der Waals surface area (Å²) in [6.07, 6.45) is 1.52. The molecule has 0 saturated carbocycles. The predicted octanol–water partition coefficient (Wildman–Crippen LogP) is 3.85. The summed E-state index contributed by atoms with van der Waals surface area (Å²) in [5.74, 6) is 0.307. The Balaban J connectivity index is 1.68. The average Bonchev–Trinajstić information content (AvgIpc) is 3.06. The van der Waals surface area contributed by atoms with Gasteiger partial charge in [0.05, 0.1) is 11.9 Å². The van der Waals surface area contributed by atoms with Crippen molar-refractivity contribution in [2.45, 2.75) is 17.8 Å². The third-order valence-electron chi connectivity index (χ3n) is 3.98. The molecule has 0 unspecified atom stereocenters. The zero-order chi connectivity index (χ0) is 18.1. The normalized spacial score (nSPS) is 11.2. The van der Waals surface area contributed by atoms with E-state index in [1.807, 2.05) is 31.2 Å². The Morgan fingerprint density at radius 3 is 2.58 bits per heavy atom. The van der Waals surface area contributed by atoms with Gasteiger partial charge in [0.25, 0.3) is 5.56 Å². The number of thioether (sulfide) groups is 1. The summed E-state index contributed by atoms with van der Waals surface area (Å²) in [5.41, 5.74) is 3.23.